The van der Waals surface area contributed by atoms with Crippen molar-refractivity contribution >= 4 is 11.3 Å². The molecule has 21 heavy (non-hydrogen) atoms. The smallest absolute Gasteiger partial charge is 0.374 e. The van der Waals surface area contributed by atoms with Crippen LogP contribution < -0.4 is 5.32 Å². The summed E-state index contributed by atoms with van der Waals surface area (Å²) in [7, 11) is 1.43. The normalized spacial score (nSPS) is 15.1. The molecule has 0 bridgehead atoms. The number of hydrogen-bond acceptors (Lipinski definition) is 4. The first-order valence-corrected chi connectivity index (χ1v) is 7.27. The van der Waals surface area contributed by atoms with E-state index in [1.54, 1.807) is 0 Å². The molecule has 116 valence electrons. The highest BCUT2D eigenvalue weighted by Gasteiger charge is 2.56. The van der Waals surface area contributed by atoms with Gasteiger partial charge in [-0.25, -0.2) is 4.98 Å². The minimum Gasteiger partial charge on any atom is -0.374 e. The van der Waals surface area contributed by atoms with Crippen molar-refractivity contribution in [2.24, 2.45) is 7.05 Å². The Morgan fingerprint density at radius 1 is 1.43 bits per heavy atom. The van der Waals surface area contributed by atoms with Crippen molar-refractivity contribution in [3.8, 4) is 0 Å². The number of aromatic nitrogens is 2. The monoisotopic (exact) mass is 319 g/mol. The second-order valence-corrected chi connectivity index (χ2v) is 5.56. The molecule has 2 heterocycles. The lowest BCUT2D eigenvalue weighted by molar-refractivity contribution is -0.272. The fourth-order valence-electron chi connectivity index (χ4n) is 2.04. The first kappa shape index (κ1) is 16.0. The van der Waals surface area contributed by atoms with Crippen molar-refractivity contribution in [2.75, 3.05) is 6.54 Å². The Labute approximate surface area is 124 Å². The van der Waals surface area contributed by atoms with Crippen LogP contribution in [0, 0.1) is 0 Å². The standard InChI is InChI=1S/C13H16F3N3OS/c1-19-6-5-18-11(19)12(20,13(14,15)16)3-4-17-8-10-2-7-21-9-10/h2,5-7,9,17,20H,3-4,8H2,1H3. The minimum absolute atomic E-state index is 0.0265. The number of nitrogens with one attached hydrogen (secondary N) is 1. The summed E-state index contributed by atoms with van der Waals surface area (Å²) in [5.74, 6) is -0.396. The van der Waals surface area contributed by atoms with Crippen LogP contribution in [0.15, 0.2) is 29.2 Å². The predicted octanol–water partition coefficient (Wildman–Crippen LogP) is 2.41. The average Bonchev–Trinajstić information content (AvgIpc) is 3.04. The van der Waals surface area contributed by atoms with Crippen LogP contribution in [0.2, 0.25) is 0 Å². The Kier molecular flexibility index (Phi) is 4.70. The lowest BCUT2D eigenvalue weighted by Crippen LogP contribution is -2.46. The maximum atomic E-state index is 13.2. The first-order chi connectivity index (χ1) is 9.84. The topological polar surface area (TPSA) is 50.1 Å². The summed E-state index contributed by atoms with van der Waals surface area (Å²) >= 11 is 1.52. The van der Waals surface area contributed by atoms with E-state index in [9.17, 15) is 18.3 Å². The van der Waals surface area contributed by atoms with Crippen molar-refractivity contribution < 1.29 is 18.3 Å². The number of nitrogens with zero attached hydrogens (tertiary/aromatic N) is 2. The van der Waals surface area contributed by atoms with E-state index in [0.717, 1.165) is 5.56 Å². The molecule has 2 rings (SSSR count). The molecule has 0 spiro atoms. The number of imidazole rings is 1. The van der Waals surface area contributed by atoms with E-state index in [1.807, 2.05) is 16.8 Å². The Morgan fingerprint density at radius 2 is 2.19 bits per heavy atom. The van der Waals surface area contributed by atoms with Crippen molar-refractivity contribution in [1.29, 1.82) is 0 Å². The Hall–Kier alpha value is -1.38. The number of thiophene rings is 1. The van der Waals surface area contributed by atoms with Gasteiger partial charge in [0, 0.05) is 32.4 Å². The maximum Gasteiger partial charge on any atom is 0.424 e. The van der Waals surface area contributed by atoms with Gasteiger partial charge in [0.05, 0.1) is 0 Å². The Bertz CT molecular complexity index is 567. The molecule has 2 N–H and O–H groups in total. The SMILES string of the molecule is Cn1ccnc1C(O)(CCNCc1ccsc1)C(F)(F)F. The number of aryl methyl sites for hydroxylation is 1. The van der Waals surface area contributed by atoms with Crippen molar-refractivity contribution in [1.82, 2.24) is 14.9 Å². The van der Waals surface area contributed by atoms with Crippen LogP contribution in [0.5, 0.6) is 0 Å². The maximum absolute atomic E-state index is 13.2. The number of aliphatic hydroxyl groups is 1. The van der Waals surface area contributed by atoms with Gasteiger partial charge < -0.3 is 15.0 Å². The van der Waals surface area contributed by atoms with Gasteiger partial charge in [0.15, 0.2) is 0 Å². The van der Waals surface area contributed by atoms with Crippen LogP contribution in [-0.4, -0.2) is 27.4 Å². The van der Waals surface area contributed by atoms with Gasteiger partial charge in [-0.2, -0.15) is 24.5 Å². The number of hydrogen-bond donors (Lipinski definition) is 2. The first-order valence-electron chi connectivity index (χ1n) is 6.33. The Morgan fingerprint density at radius 3 is 2.71 bits per heavy atom. The summed E-state index contributed by atoms with van der Waals surface area (Å²) in [4.78, 5) is 3.65. The molecule has 0 saturated carbocycles. The molecule has 2 aromatic rings. The van der Waals surface area contributed by atoms with Crippen molar-refractivity contribution in [2.45, 2.75) is 24.7 Å². The highest BCUT2D eigenvalue weighted by atomic mass is 32.1. The van der Waals surface area contributed by atoms with E-state index in [-0.39, 0.29) is 6.54 Å². The molecule has 0 aliphatic rings. The summed E-state index contributed by atoms with van der Waals surface area (Å²) in [6.07, 6.45) is -2.66. The van der Waals surface area contributed by atoms with Crippen molar-refractivity contribution in [3.05, 3.63) is 40.6 Å². The third kappa shape index (κ3) is 3.45. The van der Waals surface area contributed by atoms with E-state index < -0.39 is 24.0 Å². The minimum atomic E-state index is -4.78. The van der Waals surface area contributed by atoms with Crippen LogP contribution in [0.1, 0.15) is 17.8 Å². The zero-order valence-corrected chi connectivity index (χ0v) is 12.2. The summed E-state index contributed by atoms with van der Waals surface area (Å²) in [6, 6.07) is 1.90. The molecular weight excluding hydrogens is 303 g/mol. The predicted molar refractivity (Wildman–Crippen MR) is 73.8 cm³/mol. The highest BCUT2D eigenvalue weighted by Crippen LogP contribution is 2.40. The third-order valence-electron chi connectivity index (χ3n) is 3.23. The molecule has 1 atom stereocenters. The molecule has 2 aromatic heterocycles. The quantitative estimate of drug-likeness (QED) is 0.804. The fraction of sp³-hybridized carbons (Fsp3) is 0.462. The molecule has 8 heteroatoms. The zero-order chi connectivity index (χ0) is 15.5. The van der Waals surface area contributed by atoms with Gasteiger partial charge in [-0.1, -0.05) is 0 Å². The molecule has 0 saturated heterocycles. The van der Waals surface area contributed by atoms with Gasteiger partial charge in [0.1, 0.15) is 5.82 Å². The molecule has 0 aliphatic heterocycles. The number of halogens is 3. The molecule has 0 amide bonds. The summed E-state index contributed by atoms with van der Waals surface area (Å²) in [6.45, 7) is 0.497. The van der Waals surface area contributed by atoms with Crippen LogP contribution >= 0.6 is 11.3 Å². The highest BCUT2D eigenvalue weighted by molar-refractivity contribution is 7.07. The van der Waals surface area contributed by atoms with Crippen LogP contribution in [0.4, 0.5) is 13.2 Å². The molecule has 0 aliphatic carbocycles. The number of rotatable bonds is 6. The van der Waals surface area contributed by atoms with Gasteiger partial charge in [-0.3, -0.25) is 0 Å². The van der Waals surface area contributed by atoms with Crippen LogP contribution in [0.3, 0.4) is 0 Å². The van der Waals surface area contributed by atoms with E-state index in [4.69, 9.17) is 0 Å². The van der Waals surface area contributed by atoms with Gasteiger partial charge in [-0.15, -0.1) is 0 Å². The van der Waals surface area contributed by atoms with Crippen LogP contribution in [0.25, 0.3) is 0 Å². The van der Waals surface area contributed by atoms with E-state index in [2.05, 4.69) is 10.3 Å². The van der Waals surface area contributed by atoms with E-state index in [1.165, 1.54) is 35.3 Å². The molecular formula is C13H16F3N3OS. The fourth-order valence-corrected chi connectivity index (χ4v) is 2.71. The third-order valence-corrected chi connectivity index (χ3v) is 3.96. The molecule has 0 fully saturated rings. The largest absolute Gasteiger partial charge is 0.424 e. The summed E-state index contributed by atoms with van der Waals surface area (Å²) < 4.78 is 40.8. The van der Waals surface area contributed by atoms with Gasteiger partial charge >= 0.3 is 6.18 Å². The van der Waals surface area contributed by atoms with Gasteiger partial charge in [0.2, 0.25) is 5.60 Å². The summed E-state index contributed by atoms with van der Waals surface area (Å²) in [5.41, 5.74) is -1.94. The second kappa shape index (κ2) is 6.17. The average molecular weight is 319 g/mol. The Balaban J connectivity index is 2.02. The van der Waals surface area contributed by atoms with Crippen molar-refractivity contribution in [3.63, 3.8) is 0 Å². The van der Waals surface area contributed by atoms with Gasteiger partial charge in [-0.05, 0) is 28.9 Å². The molecule has 4 nitrogen and oxygen atoms in total. The number of alkyl halides is 3. The van der Waals surface area contributed by atoms with Gasteiger partial charge in [0.25, 0.3) is 0 Å². The van der Waals surface area contributed by atoms with E-state index >= 15 is 0 Å². The van der Waals surface area contributed by atoms with E-state index in [0.29, 0.717) is 6.54 Å². The summed E-state index contributed by atoms with van der Waals surface area (Å²) in [5, 5.41) is 16.8. The van der Waals surface area contributed by atoms with Crippen LogP contribution in [-0.2, 0) is 19.2 Å². The lowest BCUT2D eigenvalue weighted by atomic mass is 9.97. The lowest BCUT2D eigenvalue weighted by Gasteiger charge is -2.30. The molecule has 0 radical (unpaired) electrons. The molecule has 1 unspecified atom stereocenters. The molecule has 0 aromatic carbocycles. The second-order valence-electron chi connectivity index (χ2n) is 4.78. The zero-order valence-electron chi connectivity index (χ0n) is 11.4.